The van der Waals surface area contributed by atoms with E-state index in [0.717, 1.165) is 98.6 Å². The van der Waals surface area contributed by atoms with Crippen LogP contribution < -0.4 is 15.5 Å². The summed E-state index contributed by atoms with van der Waals surface area (Å²) < 4.78 is 7.85. The average Bonchev–Trinajstić information content (AvgIpc) is 3.56. The van der Waals surface area contributed by atoms with Crippen molar-refractivity contribution in [2.24, 2.45) is 0 Å². The van der Waals surface area contributed by atoms with Crippen LogP contribution in [0.25, 0.3) is 22.3 Å². The second kappa shape index (κ2) is 11.4. The molecule has 1 saturated carbocycles. The topological polar surface area (TPSA) is 87.6 Å². The van der Waals surface area contributed by atoms with Crippen molar-refractivity contribution < 1.29 is 9.53 Å². The molecule has 44 heavy (non-hydrogen) atoms. The minimum absolute atomic E-state index is 0.278. The summed E-state index contributed by atoms with van der Waals surface area (Å²) in [6.45, 7) is 10.1. The van der Waals surface area contributed by atoms with Crippen LogP contribution >= 0.6 is 0 Å². The SMILES string of the molecule is CC(C)n1cnc2cc(-c3ccc4c(c3)N([C@H]3C[C@@H](N5CCCCC5)C3)C(=O)C43CCNCC3)nc(NC3CCOCC3)c21. The number of likely N-dealkylation sites (tertiary alicyclic amines) is 1. The first-order valence-electron chi connectivity index (χ1n) is 17.2. The third-order valence-corrected chi connectivity index (χ3v) is 11.2. The van der Waals surface area contributed by atoms with Crippen LogP contribution in [0.5, 0.6) is 0 Å². The number of rotatable bonds is 6. The predicted octanol–water partition coefficient (Wildman–Crippen LogP) is 5.25. The summed E-state index contributed by atoms with van der Waals surface area (Å²) in [5, 5.41) is 7.28. The van der Waals surface area contributed by atoms with Gasteiger partial charge in [-0.15, -0.1) is 0 Å². The molecule has 1 spiro atoms. The average molecular weight is 598 g/mol. The number of nitrogens with one attached hydrogen (secondary N) is 2. The fraction of sp³-hybridized carbons (Fsp3) is 0.629. The molecule has 9 nitrogen and oxygen atoms in total. The van der Waals surface area contributed by atoms with Crippen molar-refractivity contribution >= 4 is 28.4 Å². The monoisotopic (exact) mass is 597 g/mol. The number of piperidine rings is 2. The third kappa shape index (κ3) is 4.74. The summed E-state index contributed by atoms with van der Waals surface area (Å²) in [5.41, 5.74) is 5.89. The first-order valence-corrected chi connectivity index (χ1v) is 17.2. The number of carbonyl (C=O) groups is 1. The number of fused-ring (bicyclic) bond motifs is 3. The molecular formula is C35H47N7O2. The van der Waals surface area contributed by atoms with Crippen LogP contribution in [-0.4, -0.2) is 82.9 Å². The van der Waals surface area contributed by atoms with Gasteiger partial charge >= 0.3 is 0 Å². The molecule has 3 aromatic rings. The fourth-order valence-corrected chi connectivity index (χ4v) is 8.54. The zero-order chi connectivity index (χ0) is 29.8. The summed E-state index contributed by atoms with van der Waals surface area (Å²) in [6, 6.07) is 10.3. The van der Waals surface area contributed by atoms with Gasteiger partial charge in [-0.3, -0.25) is 4.79 Å². The Morgan fingerprint density at radius 2 is 1.80 bits per heavy atom. The molecule has 5 aliphatic rings. The Bertz CT molecular complexity index is 1530. The molecule has 234 valence electrons. The number of anilines is 2. The number of pyridine rings is 1. The van der Waals surface area contributed by atoms with Gasteiger partial charge in [0.2, 0.25) is 5.91 Å². The molecule has 0 unspecified atom stereocenters. The molecule has 8 rings (SSSR count). The van der Waals surface area contributed by atoms with Gasteiger partial charge in [-0.05, 0) is 109 Å². The largest absolute Gasteiger partial charge is 0.381 e. The molecule has 1 amide bonds. The van der Waals surface area contributed by atoms with Crippen LogP contribution in [-0.2, 0) is 14.9 Å². The van der Waals surface area contributed by atoms with Crippen molar-refractivity contribution in [3.63, 3.8) is 0 Å². The molecule has 9 heteroatoms. The van der Waals surface area contributed by atoms with Crippen molar-refractivity contribution in [3.8, 4) is 11.3 Å². The second-order valence-corrected chi connectivity index (χ2v) is 14.1. The van der Waals surface area contributed by atoms with E-state index in [0.29, 0.717) is 18.0 Å². The van der Waals surface area contributed by atoms with Gasteiger partial charge in [-0.1, -0.05) is 18.6 Å². The van der Waals surface area contributed by atoms with Crippen molar-refractivity contribution in [1.29, 1.82) is 0 Å². The number of carbonyl (C=O) groups excluding carboxylic acids is 1. The van der Waals surface area contributed by atoms with E-state index in [1.165, 1.54) is 37.9 Å². The molecule has 1 aliphatic carbocycles. The highest BCUT2D eigenvalue weighted by Gasteiger charge is 2.54. The van der Waals surface area contributed by atoms with E-state index in [9.17, 15) is 4.79 Å². The van der Waals surface area contributed by atoms with Crippen molar-refractivity contribution in [1.82, 2.24) is 24.8 Å². The molecule has 2 aromatic heterocycles. The smallest absolute Gasteiger partial charge is 0.238 e. The number of hydrogen-bond acceptors (Lipinski definition) is 7. The lowest BCUT2D eigenvalue weighted by Gasteiger charge is -2.48. The van der Waals surface area contributed by atoms with Crippen LogP contribution in [0.3, 0.4) is 0 Å². The summed E-state index contributed by atoms with van der Waals surface area (Å²) in [6.07, 6.45) is 11.8. The van der Waals surface area contributed by atoms with E-state index >= 15 is 0 Å². The summed E-state index contributed by atoms with van der Waals surface area (Å²) in [7, 11) is 0. The molecule has 2 N–H and O–H groups in total. The number of benzene rings is 1. The van der Waals surface area contributed by atoms with Gasteiger partial charge in [-0.25, -0.2) is 9.97 Å². The minimum Gasteiger partial charge on any atom is -0.381 e. The molecule has 1 aromatic carbocycles. The highest BCUT2D eigenvalue weighted by atomic mass is 16.5. The maximum absolute atomic E-state index is 14.5. The zero-order valence-corrected chi connectivity index (χ0v) is 26.4. The summed E-state index contributed by atoms with van der Waals surface area (Å²) in [4.78, 5) is 29.5. The van der Waals surface area contributed by atoms with Crippen LogP contribution in [0.15, 0.2) is 30.6 Å². The van der Waals surface area contributed by atoms with Gasteiger partial charge in [-0.2, -0.15) is 0 Å². The van der Waals surface area contributed by atoms with Crippen LogP contribution in [0.4, 0.5) is 11.5 Å². The minimum atomic E-state index is -0.404. The standard InChI is InChI=1S/C35H47N7O2/c1-23(2)41-22-37-30-21-29(39-33(32(30)41)38-25-8-16-44-17-9-25)24-6-7-28-31(18-24)42(34(43)35(28)10-12-36-13-11-35)27-19-26(20-27)40-14-4-3-5-15-40/h6-7,18,21-23,25-27,36H,3-5,8-17,19-20H2,1-2H3,(H,38,39)/t26-,27+. The van der Waals surface area contributed by atoms with Gasteiger partial charge in [0.05, 0.1) is 23.0 Å². The van der Waals surface area contributed by atoms with Gasteiger partial charge in [0.15, 0.2) is 5.82 Å². The van der Waals surface area contributed by atoms with E-state index in [4.69, 9.17) is 14.7 Å². The number of aromatic nitrogens is 3. The number of amides is 1. The predicted molar refractivity (Wildman–Crippen MR) is 174 cm³/mol. The van der Waals surface area contributed by atoms with Crippen LogP contribution in [0.1, 0.15) is 83.2 Å². The van der Waals surface area contributed by atoms with Gasteiger partial charge in [0.25, 0.3) is 0 Å². The van der Waals surface area contributed by atoms with Crippen molar-refractivity contribution in [2.75, 3.05) is 49.6 Å². The van der Waals surface area contributed by atoms with Crippen molar-refractivity contribution in [3.05, 3.63) is 36.2 Å². The van der Waals surface area contributed by atoms with E-state index in [1.54, 1.807) is 0 Å². The van der Waals surface area contributed by atoms with E-state index in [2.05, 4.69) is 63.1 Å². The quantitative estimate of drug-likeness (QED) is 0.401. The molecular weight excluding hydrogens is 550 g/mol. The Balaban J connectivity index is 1.17. The molecule has 6 heterocycles. The lowest BCUT2D eigenvalue weighted by molar-refractivity contribution is -0.125. The van der Waals surface area contributed by atoms with Crippen molar-refractivity contribution in [2.45, 2.75) is 101 Å². The highest BCUT2D eigenvalue weighted by Crippen LogP contribution is 2.51. The fourth-order valence-electron chi connectivity index (χ4n) is 8.54. The Morgan fingerprint density at radius 1 is 1.02 bits per heavy atom. The van der Waals surface area contributed by atoms with Crippen LogP contribution in [0.2, 0.25) is 0 Å². The Hall–Kier alpha value is -3.01. The van der Waals surface area contributed by atoms with E-state index < -0.39 is 5.41 Å². The van der Waals surface area contributed by atoms with Crippen LogP contribution in [0, 0.1) is 0 Å². The van der Waals surface area contributed by atoms with Gasteiger partial charge in [0.1, 0.15) is 5.52 Å². The Kier molecular flexibility index (Phi) is 7.38. The number of nitrogens with zero attached hydrogens (tertiary/aromatic N) is 5. The lowest BCUT2D eigenvalue weighted by atomic mass is 9.74. The second-order valence-electron chi connectivity index (χ2n) is 14.1. The highest BCUT2D eigenvalue weighted by molar-refractivity contribution is 6.09. The number of ether oxygens (including phenoxy) is 1. The molecule has 0 radical (unpaired) electrons. The first kappa shape index (κ1) is 28.5. The number of hydrogen-bond donors (Lipinski definition) is 2. The maximum atomic E-state index is 14.5. The Labute approximate surface area is 260 Å². The maximum Gasteiger partial charge on any atom is 0.238 e. The number of imidazole rings is 1. The molecule has 4 aliphatic heterocycles. The molecule has 3 saturated heterocycles. The lowest BCUT2D eigenvalue weighted by Crippen LogP contribution is -2.58. The third-order valence-electron chi connectivity index (χ3n) is 11.2. The van der Waals surface area contributed by atoms with Gasteiger partial charge in [0, 0.05) is 48.6 Å². The Morgan fingerprint density at radius 3 is 2.55 bits per heavy atom. The van der Waals surface area contributed by atoms with E-state index in [1.807, 2.05) is 6.33 Å². The molecule has 0 atom stereocenters. The first-order chi connectivity index (χ1) is 21.5. The molecule has 4 fully saturated rings. The van der Waals surface area contributed by atoms with Gasteiger partial charge < -0.3 is 29.7 Å². The summed E-state index contributed by atoms with van der Waals surface area (Å²) in [5.74, 6) is 1.22. The molecule has 0 bridgehead atoms. The normalized spacial score (nSPS) is 26.0. The summed E-state index contributed by atoms with van der Waals surface area (Å²) >= 11 is 0. The van der Waals surface area contributed by atoms with E-state index in [-0.39, 0.29) is 12.1 Å². The zero-order valence-electron chi connectivity index (χ0n) is 26.4.